The number of benzene rings is 1. The molecule has 0 radical (unpaired) electrons. The van der Waals surface area contributed by atoms with Gasteiger partial charge in [0.1, 0.15) is 6.61 Å². The Labute approximate surface area is 107 Å². The minimum absolute atomic E-state index is 0.0603. The Kier molecular flexibility index (Phi) is 4.36. The molecule has 4 nitrogen and oxygen atoms in total. The van der Waals surface area contributed by atoms with E-state index in [1.54, 1.807) is 0 Å². The van der Waals surface area contributed by atoms with Crippen LogP contribution in [0.1, 0.15) is 6.42 Å². The van der Waals surface area contributed by atoms with Crippen LogP contribution in [0.4, 0.5) is 0 Å². The van der Waals surface area contributed by atoms with E-state index in [1.807, 2.05) is 12.1 Å². The van der Waals surface area contributed by atoms with Gasteiger partial charge in [-0.15, -0.1) is 0 Å². The van der Waals surface area contributed by atoms with Gasteiger partial charge in [-0.1, -0.05) is 18.2 Å². The quantitative estimate of drug-likeness (QED) is 0.790. The van der Waals surface area contributed by atoms with Crippen molar-refractivity contribution in [3.05, 3.63) is 36.5 Å². The molecule has 4 heteroatoms. The van der Waals surface area contributed by atoms with Crippen LogP contribution in [0.3, 0.4) is 0 Å². The number of rotatable bonds is 6. The van der Waals surface area contributed by atoms with Crippen LogP contribution in [0.25, 0.3) is 10.9 Å². The third-order valence-electron chi connectivity index (χ3n) is 2.85. The molecule has 1 N–H and O–H groups in total. The molecular formula is C14H18N2O2. The van der Waals surface area contributed by atoms with Crippen LogP contribution in [0.5, 0.6) is 0 Å². The van der Waals surface area contributed by atoms with Crippen molar-refractivity contribution in [3.63, 3.8) is 0 Å². The number of nitrogens with one attached hydrogen (secondary N) is 1. The lowest BCUT2D eigenvalue weighted by Crippen LogP contribution is -2.28. The lowest BCUT2D eigenvalue weighted by atomic mass is 10.2. The van der Waals surface area contributed by atoms with Gasteiger partial charge < -0.3 is 14.6 Å². The summed E-state index contributed by atoms with van der Waals surface area (Å²) in [6.45, 7) is 1.71. The van der Waals surface area contributed by atoms with Gasteiger partial charge in [0.05, 0.1) is 0 Å². The number of carbonyl (C=O) groups excluding carboxylic acids is 1. The normalized spacial score (nSPS) is 10.7. The number of hydrogen-bond acceptors (Lipinski definition) is 2. The van der Waals surface area contributed by atoms with Gasteiger partial charge in [0, 0.05) is 31.9 Å². The predicted octanol–water partition coefficient (Wildman–Crippen LogP) is 1.79. The molecular weight excluding hydrogens is 228 g/mol. The van der Waals surface area contributed by atoms with Gasteiger partial charge in [0.25, 0.3) is 0 Å². The molecule has 2 aromatic rings. The second kappa shape index (κ2) is 6.21. The minimum Gasteiger partial charge on any atom is -0.375 e. The van der Waals surface area contributed by atoms with Crippen molar-refractivity contribution in [1.29, 1.82) is 0 Å². The van der Waals surface area contributed by atoms with Crippen molar-refractivity contribution in [2.75, 3.05) is 20.3 Å². The number of ether oxygens (including phenoxy) is 1. The van der Waals surface area contributed by atoms with Gasteiger partial charge in [0.2, 0.25) is 5.91 Å². The molecule has 0 fully saturated rings. The van der Waals surface area contributed by atoms with E-state index in [0.29, 0.717) is 6.54 Å². The predicted molar refractivity (Wildman–Crippen MR) is 71.4 cm³/mol. The van der Waals surface area contributed by atoms with Crippen LogP contribution in [0.2, 0.25) is 0 Å². The number of methoxy groups -OCH3 is 1. The molecule has 96 valence electrons. The average Bonchev–Trinajstić information content (AvgIpc) is 2.78. The van der Waals surface area contributed by atoms with E-state index in [-0.39, 0.29) is 12.5 Å². The Morgan fingerprint density at radius 1 is 1.33 bits per heavy atom. The Morgan fingerprint density at radius 2 is 2.17 bits per heavy atom. The fourth-order valence-electron chi connectivity index (χ4n) is 1.99. The number of hydrogen-bond donors (Lipinski definition) is 1. The summed E-state index contributed by atoms with van der Waals surface area (Å²) in [6, 6.07) is 10.4. The summed E-state index contributed by atoms with van der Waals surface area (Å²) in [4.78, 5) is 11.2. The summed E-state index contributed by atoms with van der Waals surface area (Å²) in [5.74, 6) is -0.0603. The zero-order valence-corrected chi connectivity index (χ0v) is 10.6. The standard InChI is InChI=1S/C14H18N2O2/c1-18-11-14(17)15-8-4-9-16-10-7-12-5-2-3-6-13(12)16/h2-3,5-7,10H,4,8-9,11H2,1H3,(H,15,17). The van der Waals surface area contributed by atoms with Gasteiger partial charge in [0.15, 0.2) is 0 Å². The highest BCUT2D eigenvalue weighted by Crippen LogP contribution is 2.14. The van der Waals surface area contributed by atoms with Crippen LogP contribution in [-0.2, 0) is 16.1 Å². The number of fused-ring (bicyclic) bond motifs is 1. The molecule has 0 saturated carbocycles. The highest BCUT2D eigenvalue weighted by atomic mass is 16.5. The van der Waals surface area contributed by atoms with Gasteiger partial charge in [-0.3, -0.25) is 4.79 Å². The van der Waals surface area contributed by atoms with Gasteiger partial charge >= 0.3 is 0 Å². The second-order valence-electron chi connectivity index (χ2n) is 4.20. The lowest BCUT2D eigenvalue weighted by Gasteiger charge is -2.06. The smallest absolute Gasteiger partial charge is 0.245 e. The van der Waals surface area contributed by atoms with E-state index in [2.05, 4.69) is 34.3 Å². The van der Waals surface area contributed by atoms with Crippen molar-refractivity contribution in [2.45, 2.75) is 13.0 Å². The zero-order chi connectivity index (χ0) is 12.8. The molecule has 0 aliphatic rings. The lowest BCUT2D eigenvalue weighted by molar-refractivity contribution is -0.124. The number of aryl methyl sites for hydroxylation is 1. The summed E-state index contributed by atoms with van der Waals surface area (Å²) in [5, 5.41) is 4.07. The van der Waals surface area contributed by atoms with Crippen molar-refractivity contribution in [3.8, 4) is 0 Å². The fourth-order valence-corrected chi connectivity index (χ4v) is 1.99. The largest absolute Gasteiger partial charge is 0.375 e. The van der Waals surface area contributed by atoms with E-state index in [4.69, 9.17) is 4.74 Å². The zero-order valence-electron chi connectivity index (χ0n) is 10.6. The van der Waals surface area contributed by atoms with E-state index in [0.717, 1.165) is 13.0 Å². The third-order valence-corrected chi connectivity index (χ3v) is 2.85. The van der Waals surface area contributed by atoms with Crippen molar-refractivity contribution in [1.82, 2.24) is 9.88 Å². The van der Waals surface area contributed by atoms with E-state index >= 15 is 0 Å². The maximum absolute atomic E-state index is 11.2. The first-order valence-corrected chi connectivity index (χ1v) is 6.11. The molecule has 0 aliphatic carbocycles. The average molecular weight is 246 g/mol. The van der Waals surface area contributed by atoms with Gasteiger partial charge in [-0.25, -0.2) is 0 Å². The van der Waals surface area contributed by atoms with E-state index in [9.17, 15) is 4.79 Å². The van der Waals surface area contributed by atoms with E-state index in [1.165, 1.54) is 18.0 Å². The van der Waals surface area contributed by atoms with Crippen LogP contribution in [0, 0.1) is 0 Å². The Balaban J connectivity index is 1.82. The van der Waals surface area contributed by atoms with Crippen LogP contribution in [0.15, 0.2) is 36.5 Å². The number of para-hydroxylation sites is 1. The first-order valence-electron chi connectivity index (χ1n) is 6.11. The summed E-state index contributed by atoms with van der Waals surface area (Å²) in [7, 11) is 1.52. The number of nitrogens with zero attached hydrogens (tertiary/aromatic N) is 1. The van der Waals surface area contributed by atoms with Crippen LogP contribution < -0.4 is 5.32 Å². The molecule has 0 atom stereocenters. The molecule has 0 saturated heterocycles. The van der Waals surface area contributed by atoms with Crippen molar-refractivity contribution < 1.29 is 9.53 Å². The number of amides is 1. The van der Waals surface area contributed by atoms with Crippen LogP contribution >= 0.6 is 0 Å². The summed E-state index contributed by atoms with van der Waals surface area (Å²) < 4.78 is 6.95. The molecule has 1 amide bonds. The number of aromatic nitrogens is 1. The summed E-state index contributed by atoms with van der Waals surface area (Å²) in [5.41, 5.74) is 1.24. The number of carbonyl (C=O) groups is 1. The third kappa shape index (κ3) is 3.11. The second-order valence-corrected chi connectivity index (χ2v) is 4.20. The molecule has 1 aromatic heterocycles. The highest BCUT2D eigenvalue weighted by molar-refractivity contribution is 5.79. The Morgan fingerprint density at radius 3 is 3.00 bits per heavy atom. The monoisotopic (exact) mass is 246 g/mol. The van der Waals surface area contributed by atoms with Gasteiger partial charge in [-0.05, 0) is 23.9 Å². The fraction of sp³-hybridized carbons (Fsp3) is 0.357. The molecule has 1 heterocycles. The Bertz CT molecular complexity index is 519. The Hall–Kier alpha value is -1.81. The van der Waals surface area contributed by atoms with Crippen molar-refractivity contribution in [2.24, 2.45) is 0 Å². The topological polar surface area (TPSA) is 43.3 Å². The molecule has 18 heavy (non-hydrogen) atoms. The molecule has 0 spiro atoms. The first-order chi connectivity index (χ1) is 8.81. The maximum Gasteiger partial charge on any atom is 0.245 e. The van der Waals surface area contributed by atoms with Crippen LogP contribution in [-0.4, -0.2) is 30.7 Å². The maximum atomic E-state index is 11.2. The minimum atomic E-state index is -0.0603. The highest BCUT2D eigenvalue weighted by Gasteiger charge is 2.01. The van der Waals surface area contributed by atoms with Crippen molar-refractivity contribution >= 4 is 16.8 Å². The first kappa shape index (κ1) is 12.6. The molecule has 0 unspecified atom stereocenters. The molecule has 2 rings (SSSR count). The SMILES string of the molecule is COCC(=O)NCCCn1ccc2ccccc21. The molecule has 0 aliphatic heterocycles. The summed E-state index contributed by atoms with van der Waals surface area (Å²) in [6.07, 6.45) is 3.00. The molecule has 0 bridgehead atoms. The summed E-state index contributed by atoms with van der Waals surface area (Å²) >= 11 is 0. The van der Waals surface area contributed by atoms with E-state index < -0.39 is 0 Å². The molecule has 1 aromatic carbocycles. The van der Waals surface area contributed by atoms with Gasteiger partial charge in [-0.2, -0.15) is 0 Å².